The second-order valence-electron chi connectivity index (χ2n) is 7.52. The van der Waals surface area contributed by atoms with Crippen molar-refractivity contribution in [2.75, 3.05) is 26.7 Å². The Morgan fingerprint density at radius 2 is 1.96 bits per heavy atom. The third-order valence-electron chi connectivity index (χ3n) is 5.25. The van der Waals surface area contributed by atoms with Gasteiger partial charge >= 0.3 is 6.03 Å². The number of hydrogen-bond donors (Lipinski definition) is 4. The number of primary amides is 1. The van der Waals surface area contributed by atoms with E-state index in [4.69, 9.17) is 5.73 Å². The maximum Gasteiger partial charge on any atom is 0.322 e. The van der Waals surface area contributed by atoms with E-state index in [2.05, 4.69) is 25.8 Å². The molecule has 0 aliphatic carbocycles. The fourth-order valence-corrected chi connectivity index (χ4v) is 3.23. The molecule has 5 N–H and O–H groups in total. The highest BCUT2D eigenvalue weighted by atomic mass is 127. The third kappa shape index (κ3) is 4.57. The normalized spacial score (nSPS) is 24.6. The fraction of sp³-hybridized carbons (Fsp3) is 0.750. The zero-order chi connectivity index (χ0) is 18.8. The molecule has 2 aliphatic rings. The molecule has 2 aliphatic heterocycles. The molecule has 9 nitrogen and oxygen atoms in total. The number of nitrogens with two attached hydrogens (primary N) is 1. The molecule has 0 aromatic rings. The van der Waals surface area contributed by atoms with Crippen molar-refractivity contribution in [1.82, 2.24) is 20.9 Å². The molecule has 2 rings (SSSR count). The summed E-state index contributed by atoms with van der Waals surface area (Å²) in [5.41, 5.74) is 3.87. The molecule has 0 bridgehead atoms. The number of guanidine groups is 1. The van der Waals surface area contributed by atoms with E-state index in [0.29, 0.717) is 25.6 Å². The average Bonchev–Trinajstić information content (AvgIpc) is 2.81. The van der Waals surface area contributed by atoms with E-state index in [1.807, 2.05) is 0 Å². The molecule has 0 radical (unpaired) electrons. The fourth-order valence-electron chi connectivity index (χ4n) is 3.23. The first-order valence-corrected chi connectivity index (χ1v) is 8.49. The average molecular weight is 480 g/mol. The lowest BCUT2D eigenvalue weighted by molar-refractivity contribution is -0.126. The van der Waals surface area contributed by atoms with Gasteiger partial charge in [0.15, 0.2) is 5.96 Å². The van der Waals surface area contributed by atoms with E-state index in [0.717, 1.165) is 12.8 Å². The number of urea groups is 1. The predicted molar refractivity (Wildman–Crippen MR) is 109 cm³/mol. The quantitative estimate of drug-likeness (QED) is 0.195. The summed E-state index contributed by atoms with van der Waals surface area (Å²) in [4.78, 5) is 41.3. The molecular weight excluding hydrogens is 451 g/mol. The van der Waals surface area contributed by atoms with Crippen LogP contribution < -0.4 is 21.7 Å². The van der Waals surface area contributed by atoms with Crippen LogP contribution in [0.1, 0.15) is 33.6 Å². The Kier molecular flexibility index (Phi) is 7.25. The van der Waals surface area contributed by atoms with Crippen LogP contribution >= 0.6 is 24.0 Å². The molecular formula is C16H29IN6O3. The molecule has 2 fully saturated rings. The van der Waals surface area contributed by atoms with Crippen LogP contribution in [0.2, 0.25) is 0 Å². The van der Waals surface area contributed by atoms with E-state index in [1.54, 1.807) is 27.8 Å². The smallest absolute Gasteiger partial charge is 0.322 e. The molecule has 148 valence electrons. The van der Waals surface area contributed by atoms with Crippen LogP contribution in [-0.2, 0) is 9.59 Å². The first-order valence-electron chi connectivity index (χ1n) is 8.49. The van der Waals surface area contributed by atoms with Gasteiger partial charge < -0.3 is 21.3 Å². The number of halogens is 1. The van der Waals surface area contributed by atoms with E-state index in [9.17, 15) is 14.4 Å². The molecule has 0 spiro atoms. The van der Waals surface area contributed by atoms with Crippen molar-refractivity contribution in [2.45, 2.75) is 39.2 Å². The second-order valence-corrected chi connectivity index (χ2v) is 7.52. The van der Waals surface area contributed by atoms with Gasteiger partial charge in [-0.2, -0.15) is 0 Å². The van der Waals surface area contributed by atoms with Crippen LogP contribution in [0.5, 0.6) is 0 Å². The van der Waals surface area contributed by atoms with E-state index < -0.39 is 17.0 Å². The predicted octanol–water partition coefficient (Wildman–Crippen LogP) is 0.00140. The number of imide groups is 1. The summed E-state index contributed by atoms with van der Waals surface area (Å²) in [7, 11) is 1.69. The van der Waals surface area contributed by atoms with Gasteiger partial charge in [0.1, 0.15) is 5.54 Å². The summed E-state index contributed by atoms with van der Waals surface area (Å²) in [5, 5.41) is 8.26. The first-order chi connectivity index (χ1) is 11.6. The van der Waals surface area contributed by atoms with Crippen molar-refractivity contribution < 1.29 is 14.4 Å². The number of nitrogens with one attached hydrogen (secondary N) is 3. The van der Waals surface area contributed by atoms with E-state index >= 15 is 0 Å². The van der Waals surface area contributed by atoms with Crippen molar-refractivity contribution >= 4 is 47.8 Å². The Hall–Kier alpha value is -1.59. The SMILES string of the molecule is CN=C(NCC(C)(C)C(N)=O)N1CCC(C2(C)NC(=O)NC2=O)CC1.I. The molecule has 0 saturated carbocycles. The molecule has 0 aromatic heterocycles. The second kappa shape index (κ2) is 8.40. The summed E-state index contributed by atoms with van der Waals surface area (Å²) in [6.07, 6.45) is 1.51. The minimum atomic E-state index is -0.853. The highest BCUT2D eigenvalue weighted by Crippen LogP contribution is 2.30. The van der Waals surface area contributed by atoms with Gasteiger partial charge in [0.2, 0.25) is 5.91 Å². The number of aliphatic imine (C=N–C) groups is 1. The van der Waals surface area contributed by atoms with E-state index in [-0.39, 0.29) is 41.7 Å². The minimum absolute atomic E-state index is 0. The lowest BCUT2D eigenvalue weighted by Gasteiger charge is -2.40. The van der Waals surface area contributed by atoms with Gasteiger partial charge in [0.05, 0.1) is 5.41 Å². The summed E-state index contributed by atoms with van der Waals surface area (Å²) in [6.45, 7) is 7.15. The van der Waals surface area contributed by atoms with Gasteiger partial charge in [-0.1, -0.05) is 0 Å². The summed E-state index contributed by atoms with van der Waals surface area (Å²) in [5.74, 6) is 0.139. The van der Waals surface area contributed by atoms with Gasteiger partial charge in [0.25, 0.3) is 5.91 Å². The standard InChI is InChI=1S/C16H28N6O3.HI/c1-15(2,11(17)23)9-19-13(18-4)22-7-5-10(6-8-22)16(3)12(24)20-14(25)21-16;/h10H,5-9H2,1-4H3,(H2,17,23)(H,18,19)(H2,20,21,24,25);1H. The van der Waals surface area contributed by atoms with Crippen LogP contribution in [0.3, 0.4) is 0 Å². The van der Waals surface area contributed by atoms with Crippen molar-refractivity contribution in [3.63, 3.8) is 0 Å². The molecule has 2 heterocycles. The number of nitrogens with zero attached hydrogens (tertiary/aromatic N) is 2. The van der Waals surface area contributed by atoms with Crippen molar-refractivity contribution in [2.24, 2.45) is 22.1 Å². The molecule has 4 amide bonds. The highest BCUT2D eigenvalue weighted by molar-refractivity contribution is 14.0. The van der Waals surface area contributed by atoms with Crippen LogP contribution in [0.15, 0.2) is 4.99 Å². The number of rotatable bonds is 4. The number of hydrogen-bond acceptors (Lipinski definition) is 4. The van der Waals surface area contributed by atoms with Crippen LogP contribution in [0.25, 0.3) is 0 Å². The monoisotopic (exact) mass is 480 g/mol. The third-order valence-corrected chi connectivity index (χ3v) is 5.25. The number of carbonyl (C=O) groups is 3. The molecule has 26 heavy (non-hydrogen) atoms. The van der Waals surface area contributed by atoms with Gasteiger partial charge in [-0.25, -0.2) is 4.79 Å². The Labute approximate surface area is 170 Å². The largest absolute Gasteiger partial charge is 0.369 e. The molecule has 0 aromatic carbocycles. The van der Waals surface area contributed by atoms with E-state index in [1.165, 1.54) is 0 Å². The maximum atomic E-state index is 12.1. The Balaban J connectivity index is 0.00000338. The number of piperidine rings is 1. The number of carbonyl (C=O) groups excluding carboxylic acids is 3. The van der Waals surface area contributed by atoms with Crippen LogP contribution in [-0.4, -0.2) is 60.9 Å². The lowest BCUT2D eigenvalue weighted by atomic mass is 9.79. The maximum absolute atomic E-state index is 12.1. The van der Waals surface area contributed by atoms with Crippen LogP contribution in [0.4, 0.5) is 4.79 Å². The molecule has 2 saturated heterocycles. The minimum Gasteiger partial charge on any atom is -0.369 e. The van der Waals surface area contributed by atoms with Crippen molar-refractivity contribution in [3.8, 4) is 0 Å². The van der Waals surface area contributed by atoms with Crippen molar-refractivity contribution in [1.29, 1.82) is 0 Å². The topological polar surface area (TPSA) is 129 Å². The Morgan fingerprint density at radius 1 is 1.38 bits per heavy atom. The summed E-state index contributed by atoms with van der Waals surface area (Å²) >= 11 is 0. The van der Waals surface area contributed by atoms with Crippen LogP contribution in [0, 0.1) is 11.3 Å². The summed E-state index contributed by atoms with van der Waals surface area (Å²) < 4.78 is 0. The van der Waals surface area contributed by atoms with Gasteiger partial charge in [-0.05, 0) is 39.5 Å². The highest BCUT2D eigenvalue weighted by Gasteiger charge is 2.48. The van der Waals surface area contributed by atoms with Gasteiger partial charge in [0, 0.05) is 26.7 Å². The zero-order valence-electron chi connectivity index (χ0n) is 15.7. The Bertz CT molecular complexity index is 601. The van der Waals surface area contributed by atoms with Gasteiger partial charge in [-0.15, -0.1) is 24.0 Å². The molecule has 1 atom stereocenters. The Morgan fingerprint density at radius 3 is 2.38 bits per heavy atom. The zero-order valence-corrected chi connectivity index (χ0v) is 18.0. The summed E-state index contributed by atoms with van der Waals surface area (Å²) in [6, 6.07) is -0.430. The first kappa shape index (κ1) is 22.5. The molecule has 10 heteroatoms. The lowest BCUT2D eigenvalue weighted by Crippen LogP contribution is -2.56. The number of amides is 4. The van der Waals surface area contributed by atoms with Gasteiger partial charge in [-0.3, -0.25) is 19.9 Å². The number of likely N-dealkylation sites (tertiary alicyclic amines) is 1. The molecule has 1 unspecified atom stereocenters. The van der Waals surface area contributed by atoms with Crippen molar-refractivity contribution in [3.05, 3.63) is 0 Å².